The predicted molar refractivity (Wildman–Crippen MR) is 39.5 cm³/mol. The van der Waals surface area contributed by atoms with Crippen LogP contribution in [-0.4, -0.2) is 26.1 Å². The number of aromatic carboxylic acids is 1. The van der Waals surface area contributed by atoms with Crippen LogP contribution in [0.1, 0.15) is 10.4 Å². The molecule has 2 N–H and O–H groups in total. The summed E-state index contributed by atoms with van der Waals surface area (Å²) in [4.78, 5) is 22.9. The lowest BCUT2D eigenvalue weighted by atomic mass is 10.2. The third-order valence-electron chi connectivity index (χ3n) is 1.26. The van der Waals surface area contributed by atoms with Gasteiger partial charge in [-0.25, -0.2) is 4.79 Å². The lowest BCUT2D eigenvalue weighted by molar-refractivity contribution is -0.389. The van der Waals surface area contributed by atoms with Crippen molar-refractivity contribution >= 4 is 11.8 Å². The molecule has 0 saturated heterocycles. The molecule has 0 aliphatic rings. The summed E-state index contributed by atoms with van der Waals surface area (Å²) in [6.45, 7) is 0. The molecule has 0 aliphatic heterocycles. The highest BCUT2D eigenvalue weighted by molar-refractivity contribution is 5.91. The van der Waals surface area contributed by atoms with Gasteiger partial charge in [-0.05, 0) is 9.91 Å². The van der Waals surface area contributed by atoms with Gasteiger partial charge in [-0.2, -0.15) is 0 Å². The Labute approximate surface area is 71.4 Å². The normalized spacial score (nSPS) is 9.54. The molecule has 68 valence electrons. The second kappa shape index (κ2) is 3.05. The first-order valence-corrected chi connectivity index (χ1v) is 3.09. The molecule has 0 aliphatic carbocycles. The number of nitro groups is 1. The van der Waals surface area contributed by atoms with Crippen LogP contribution in [0.3, 0.4) is 0 Å². The number of hydrogen-bond acceptors (Lipinski definition) is 5. The molecule has 7 nitrogen and oxygen atoms in total. The van der Waals surface area contributed by atoms with E-state index in [4.69, 9.17) is 10.2 Å². The van der Waals surface area contributed by atoms with Crippen molar-refractivity contribution in [1.82, 2.24) is 4.98 Å². The molecule has 7 heteroatoms. The Hall–Kier alpha value is -2.18. The first-order valence-electron chi connectivity index (χ1n) is 3.09. The van der Waals surface area contributed by atoms with Crippen LogP contribution in [0.2, 0.25) is 0 Å². The first-order chi connectivity index (χ1) is 6.02. The van der Waals surface area contributed by atoms with E-state index in [9.17, 15) is 14.9 Å². The van der Waals surface area contributed by atoms with Crippen LogP contribution in [0, 0.1) is 10.1 Å². The van der Waals surface area contributed by atoms with Crippen LogP contribution in [0.4, 0.5) is 5.82 Å². The number of hydrogen-bond donors (Lipinski definition) is 2. The van der Waals surface area contributed by atoms with Crippen LogP contribution >= 0.6 is 0 Å². The molecule has 1 heterocycles. The Kier molecular flexibility index (Phi) is 2.09. The van der Waals surface area contributed by atoms with E-state index in [2.05, 4.69) is 4.98 Å². The Morgan fingerprint density at radius 1 is 1.62 bits per heavy atom. The molecule has 1 aromatic rings. The van der Waals surface area contributed by atoms with Crippen molar-refractivity contribution in [3.63, 3.8) is 0 Å². The number of nitrogens with zero attached hydrogens (tertiary/aromatic N) is 2. The monoisotopic (exact) mass is 184 g/mol. The van der Waals surface area contributed by atoms with Crippen LogP contribution in [0.5, 0.6) is 5.75 Å². The number of aromatic nitrogens is 1. The molecule has 0 bridgehead atoms. The van der Waals surface area contributed by atoms with Crippen molar-refractivity contribution in [3.05, 3.63) is 27.9 Å². The van der Waals surface area contributed by atoms with Crippen molar-refractivity contribution in [1.29, 1.82) is 0 Å². The standard InChI is InChI=1S/C6H4N2O5/c9-3-1-4(6(10)11)5(7-2-3)8(12)13/h1-2,9H,(H,10,11). The number of rotatable bonds is 2. The number of pyridine rings is 1. The highest BCUT2D eigenvalue weighted by atomic mass is 16.6. The van der Waals surface area contributed by atoms with Gasteiger partial charge in [0, 0.05) is 6.07 Å². The largest absolute Gasteiger partial charge is 0.504 e. The molecule has 0 aromatic carbocycles. The molecule has 1 rings (SSSR count). The van der Waals surface area contributed by atoms with E-state index in [0.717, 1.165) is 12.3 Å². The fourth-order valence-electron chi connectivity index (χ4n) is 0.749. The van der Waals surface area contributed by atoms with Crippen LogP contribution < -0.4 is 0 Å². The van der Waals surface area contributed by atoms with E-state index in [1.807, 2.05) is 0 Å². The third-order valence-corrected chi connectivity index (χ3v) is 1.26. The molecule has 0 atom stereocenters. The number of aromatic hydroxyl groups is 1. The van der Waals surface area contributed by atoms with Crippen molar-refractivity contribution in [2.24, 2.45) is 0 Å². The smallest absolute Gasteiger partial charge is 0.378 e. The van der Waals surface area contributed by atoms with Crippen molar-refractivity contribution in [3.8, 4) is 5.75 Å². The summed E-state index contributed by atoms with van der Waals surface area (Å²) in [6.07, 6.45) is 0.810. The maximum absolute atomic E-state index is 10.4. The van der Waals surface area contributed by atoms with Crippen LogP contribution in [0.25, 0.3) is 0 Å². The van der Waals surface area contributed by atoms with E-state index in [-0.39, 0.29) is 0 Å². The van der Waals surface area contributed by atoms with E-state index in [1.165, 1.54) is 0 Å². The summed E-state index contributed by atoms with van der Waals surface area (Å²) >= 11 is 0. The van der Waals surface area contributed by atoms with Crippen molar-refractivity contribution in [2.45, 2.75) is 0 Å². The highest BCUT2D eigenvalue weighted by Gasteiger charge is 2.21. The number of carbonyl (C=O) groups is 1. The molecular formula is C6H4N2O5. The molecule has 13 heavy (non-hydrogen) atoms. The molecule has 0 spiro atoms. The van der Waals surface area contributed by atoms with E-state index >= 15 is 0 Å². The Bertz CT molecular complexity index is 375. The fraction of sp³-hybridized carbons (Fsp3) is 0. The summed E-state index contributed by atoms with van der Waals surface area (Å²) < 4.78 is 0. The van der Waals surface area contributed by atoms with Gasteiger partial charge < -0.3 is 20.3 Å². The van der Waals surface area contributed by atoms with Gasteiger partial charge in [0.1, 0.15) is 0 Å². The van der Waals surface area contributed by atoms with Gasteiger partial charge in [0.2, 0.25) is 0 Å². The molecule has 0 radical (unpaired) electrons. The minimum Gasteiger partial charge on any atom is -0.504 e. The second-order valence-corrected chi connectivity index (χ2v) is 2.13. The van der Waals surface area contributed by atoms with Gasteiger partial charge in [-0.15, -0.1) is 0 Å². The molecule has 0 saturated carbocycles. The average molecular weight is 184 g/mol. The summed E-state index contributed by atoms with van der Waals surface area (Å²) in [7, 11) is 0. The van der Waals surface area contributed by atoms with Crippen LogP contribution in [0.15, 0.2) is 12.3 Å². The topological polar surface area (TPSA) is 114 Å². The zero-order chi connectivity index (χ0) is 10.0. The van der Waals surface area contributed by atoms with Crippen molar-refractivity contribution < 1.29 is 19.9 Å². The van der Waals surface area contributed by atoms with E-state index in [1.54, 1.807) is 0 Å². The molecule has 0 amide bonds. The lowest BCUT2D eigenvalue weighted by Crippen LogP contribution is -2.04. The lowest BCUT2D eigenvalue weighted by Gasteiger charge is -1.96. The quantitative estimate of drug-likeness (QED) is 0.507. The number of carboxylic acid groups (broad SMARTS) is 1. The molecule has 0 unspecified atom stereocenters. The van der Waals surface area contributed by atoms with Crippen molar-refractivity contribution in [2.75, 3.05) is 0 Å². The number of carboxylic acids is 1. The zero-order valence-corrected chi connectivity index (χ0v) is 6.17. The van der Waals surface area contributed by atoms with E-state index in [0.29, 0.717) is 0 Å². The van der Waals surface area contributed by atoms with Crippen LogP contribution in [-0.2, 0) is 0 Å². The summed E-state index contributed by atoms with van der Waals surface area (Å²) in [6, 6.07) is 0.771. The molecule has 1 aromatic heterocycles. The van der Waals surface area contributed by atoms with Gasteiger partial charge in [0.25, 0.3) is 0 Å². The minimum atomic E-state index is -1.50. The second-order valence-electron chi connectivity index (χ2n) is 2.13. The predicted octanol–water partition coefficient (Wildman–Crippen LogP) is 0.394. The van der Waals surface area contributed by atoms with Gasteiger partial charge in [0.15, 0.2) is 17.5 Å². The summed E-state index contributed by atoms with van der Waals surface area (Å²) in [5, 5.41) is 27.5. The van der Waals surface area contributed by atoms with Gasteiger partial charge in [0.05, 0.1) is 0 Å². The Morgan fingerprint density at radius 2 is 2.23 bits per heavy atom. The Morgan fingerprint density at radius 3 is 2.69 bits per heavy atom. The Balaban J connectivity index is 3.35. The van der Waals surface area contributed by atoms with Gasteiger partial charge >= 0.3 is 11.8 Å². The van der Waals surface area contributed by atoms with Gasteiger partial charge in [-0.3, -0.25) is 0 Å². The maximum atomic E-state index is 10.4. The van der Waals surface area contributed by atoms with E-state index < -0.39 is 28.0 Å². The first kappa shape index (κ1) is 8.91. The summed E-state index contributed by atoms with van der Waals surface area (Å²) in [5.74, 6) is -2.72. The molecular weight excluding hydrogens is 180 g/mol. The third kappa shape index (κ3) is 1.70. The fourth-order valence-corrected chi connectivity index (χ4v) is 0.749. The summed E-state index contributed by atoms with van der Waals surface area (Å²) in [5.41, 5.74) is -0.634. The highest BCUT2D eigenvalue weighted by Crippen LogP contribution is 2.19. The SMILES string of the molecule is O=C(O)c1cc(O)cnc1[N+](=O)[O-]. The minimum absolute atomic E-state index is 0.428. The van der Waals surface area contributed by atoms with Gasteiger partial charge in [-0.1, -0.05) is 0 Å². The zero-order valence-electron chi connectivity index (χ0n) is 6.17. The molecule has 0 fully saturated rings. The average Bonchev–Trinajstić information content (AvgIpc) is 2.03. The maximum Gasteiger partial charge on any atom is 0.378 e.